The fourth-order valence-corrected chi connectivity index (χ4v) is 1.53. The van der Waals surface area contributed by atoms with E-state index < -0.39 is 0 Å². The molecule has 0 saturated carbocycles. The van der Waals surface area contributed by atoms with Gasteiger partial charge in [0.25, 0.3) is 0 Å². The van der Waals surface area contributed by atoms with E-state index in [-0.39, 0.29) is 11.5 Å². The van der Waals surface area contributed by atoms with E-state index in [1.807, 2.05) is 6.92 Å². The molecule has 19 heavy (non-hydrogen) atoms. The average molecular weight is 297 g/mol. The number of phenolic OH excluding ortho intramolecular Hbond substituents is 1. The number of carbonyl (C=O) groups is 1. The van der Waals surface area contributed by atoms with Gasteiger partial charge < -0.3 is 5.11 Å². The van der Waals surface area contributed by atoms with Crippen LogP contribution < -0.4 is 0 Å². The van der Waals surface area contributed by atoms with Crippen LogP contribution >= 0.6 is 23.2 Å². The molecule has 0 heterocycles. The van der Waals surface area contributed by atoms with Crippen molar-refractivity contribution in [1.82, 2.24) is 0 Å². The molecule has 0 spiro atoms. The Morgan fingerprint density at radius 2 is 1.37 bits per heavy atom. The van der Waals surface area contributed by atoms with Gasteiger partial charge in [-0.25, -0.2) is 0 Å². The van der Waals surface area contributed by atoms with Crippen LogP contribution in [-0.2, 0) is 0 Å². The first kappa shape index (κ1) is 15.5. The summed E-state index contributed by atoms with van der Waals surface area (Å²) in [4.78, 5) is 11.0. The average Bonchev–Trinajstić information content (AvgIpc) is 2.43. The Bertz CT molecular complexity index is 498. The van der Waals surface area contributed by atoms with Crippen molar-refractivity contribution in [2.75, 3.05) is 0 Å². The largest absolute Gasteiger partial charge is 0.508 e. The molecular formula is C15H14Cl2O2. The first-order valence-electron chi connectivity index (χ1n) is 5.76. The smallest absolute Gasteiger partial charge is 0.162 e. The van der Waals surface area contributed by atoms with Gasteiger partial charge in [-0.15, -0.1) is 0 Å². The summed E-state index contributed by atoms with van der Waals surface area (Å²) in [5.41, 5.74) is 0.658. The quantitative estimate of drug-likeness (QED) is 0.794. The van der Waals surface area contributed by atoms with Crippen molar-refractivity contribution in [3.8, 4) is 5.75 Å². The minimum absolute atomic E-state index is 0.102. The molecule has 4 heteroatoms. The minimum Gasteiger partial charge on any atom is -0.508 e. The Kier molecular flexibility index (Phi) is 6.40. The van der Waals surface area contributed by atoms with E-state index in [1.54, 1.807) is 36.4 Å². The number of hydrogen-bond acceptors (Lipinski definition) is 2. The molecule has 2 aromatic rings. The highest BCUT2D eigenvalue weighted by Gasteiger charge is 2.00. The number of carbonyl (C=O) groups excluding carboxylic acids is 1. The normalized spacial score (nSPS) is 9.42. The van der Waals surface area contributed by atoms with Crippen LogP contribution in [0.2, 0.25) is 10.0 Å². The van der Waals surface area contributed by atoms with Crippen LogP contribution in [0.4, 0.5) is 0 Å². The predicted molar refractivity (Wildman–Crippen MR) is 79.2 cm³/mol. The highest BCUT2D eigenvalue weighted by Crippen LogP contribution is 2.12. The van der Waals surface area contributed by atoms with Crippen molar-refractivity contribution >= 4 is 29.0 Å². The lowest BCUT2D eigenvalue weighted by Gasteiger charge is -1.96. The van der Waals surface area contributed by atoms with Crippen LogP contribution in [0.5, 0.6) is 5.75 Å². The molecule has 2 aromatic carbocycles. The predicted octanol–water partition coefficient (Wildman–Crippen LogP) is 4.98. The molecule has 0 amide bonds. The monoisotopic (exact) mass is 296 g/mol. The summed E-state index contributed by atoms with van der Waals surface area (Å²) < 4.78 is 0. The zero-order valence-electron chi connectivity index (χ0n) is 10.4. The van der Waals surface area contributed by atoms with Gasteiger partial charge in [-0.05, 0) is 48.5 Å². The number of rotatable bonds is 2. The van der Waals surface area contributed by atoms with Gasteiger partial charge in [-0.3, -0.25) is 4.79 Å². The lowest BCUT2D eigenvalue weighted by atomic mass is 10.1. The van der Waals surface area contributed by atoms with Crippen LogP contribution in [0.3, 0.4) is 0 Å². The third-order valence-corrected chi connectivity index (χ3v) is 2.82. The first-order valence-corrected chi connectivity index (χ1v) is 6.52. The number of ketones is 1. The van der Waals surface area contributed by atoms with E-state index in [1.165, 1.54) is 12.1 Å². The molecule has 2 nitrogen and oxygen atoms in total. The highest BCUT2D eigenvalue weighted by atomic mass is 35.5. The van der Waals surface area contributed by atoms with Gasteiger partial charge in [0.2, 0.25) is 0 Å². The number of benzene rings is 2. The number of phenols is 1. The zero-order valence-corrected chi connectivity index (χ0v) is 11.9. The summed E-state index contributed by atoms with van der Waals surface area (Å²) in [5, 5.41) is 10.3. The van der Waals surface area contributed by atoms with Crippen LogP contribution in [-0.4, -0.2) is 10.9 Å². The molecule has 2 rings (SSSR count). The Morgan fingerprint density at radius 1 is 0.947 bits per heavy atom. The zero-order chi connectivity index (χ0) is 14.3. The van der Waals surface area contributed by atoms with E-state index in [0.29, 0.717) is 12.0 Å². The molecule has 0 bridgehead atoms. The van der Waals surface area contributed by atoms with Gasteiger partial charge >= 0.3 is 0 Å². The highest BCUT2D eigenvalue weighted by molar-refractivity contribution is 6.32. The molecule has 0 atom stereocenters. The van der Waals surface area contributed by atoms with Crippen LogP contribution in [0.25, 0.3) is 0 Å². The van der Waals surface area contributed by atoms with Crippen molar-refractivity contribution in [2.45, 2.75) is 13.3 Å². The van der Waals surface area contributed by atoms with Crippen molar-refractivity contribution < 1.29 is 9.90 Å². The van der Waals surface area contributed by atoms with Crippen LogP contribution in [0, 0.1) is 0 Å². The molecule has 100 valence electrons. The Hall–Kier alpha value is -1.51. The van der Waals surface area contributed by atoms with Gasteiger partial charge in [0.15, 0.2) is 5.78 Å². The van der Waals surface area contributed by atoms with Crippen molar-refractivity contribution in [1.29, 1.82) is 0 Å². The van der Waals surface area contributed by atoms with Crippen LogP contribution in [0.15, 0.2) is 48.5 Å². The third-order valence-electron chi connectivity index (χ3n) is 2.31. The fourth-order valence-electron chi connectivity index (χ4n) is 1.28. The van der Waals surface area contributed by atoms with E-state index >= 15 is 0 Å². The Labute approximate surface area is 122 Å². The fraction of sp³-hybridized carbons (Fsp3) is 0.133. The number of halogens is 2. The van der Waals surface area contributed by atoms with E-state index in [9.17, 15) is 4.79 Å². The maximum atomic E-state index is 11.0. The van der Waals surface area contributed by atoms with E-state index in [0.717, 1.165) is 10.0 Å². The second kappa shape index (κ2) is 7.82. The molecule has 0 unspecified atom stereocenters. The Morgan fingerprint density at radius 3 is 1.74 bits per heavy atom. The maximum Gasteiger partial charge on any atom is 0.162 e. The molecule has 0 aliphatic heterocycles. The minimum atomic E-state index is 0.102. The number of hydrogen-bond donors (Lipinski definition) is 1. The van der Waals surface area contributed by atoms with Gasteiger partial charge in [0.1, 0.15) is 5.75 Å². The van der Waals surface area contributed by atoms with Gasteiger partial charge in [0, 0.05) is 22.0 Å². The SMILES string of the molecule is CCC(=O)c1ccc(O)cc1.Clc1ccc(Cl)cc1. The second-order valence-corrected chi connectivity index (χ2v) is 4.63. The summed E-state index contributed by atoms with van der Waals surface area (Å²) in [6.07, 6.45) is 0.505. The third kappa shape index (κ3) is 5.77. The summed E-state index contributed by atoms with van der Waals surface area (Å²) >= 11 is 11.1. The number of Topliss-reactive ketones (excluding diaryl/α,β-unsaturated/α-hetero) is 1. The Balaban J connectivity index is 0.000000200. The summed E-state index contributed by atoms with van der Waals surface area (Å²) in [6, 6.07) is 13.3. The molecule has 0 aliphatic carbocycles. The number of aromatic hydroxyl groups is 1. The molecule has 0 saturated heterocycles. The van der Waals surface area contributed by atoms with Crippen molar-refractivity contribution in [3.63, 3.8) is 0 Å². The lowest BCUT2D eigenvalue weighted by Crippen LogP contribution is -1.94. The van der Waals surface area contributed by atoms with Crippen molar-refractivity contribution in [3.05, 3.63) is 64.1 Å². The molecule has 0 radical (unpaired) electrons. The van der Waals surface area contributed by atoms with E-state index in [4.69, 9.17) is 28.3 Å². The standard InChI is InChI=1S/C9H10O2.C6H4Cl2/c1-2-9(11)7-3-5-8(10)6-4-7;7-5-1-2-6(8)4-3-5/h3-6,10H,2H2,1H3;1-4H. The topological polar surface area (TPSA) is 37.3 Å². The molecule has 0 aliphatic rings. The molecule has 0 fully saturated rings. The molecular weight excluding hydrogens is 283 g/mol. The molecule has 1 N–H and O–H groups in total. The summed E-state index contributed by atoms with van der Waals surface area (Å²) in [5.74, 6) is 0.294. The van der Waals surface area contributed by atoms with Crippen LogP contribution in [0.1, 0.15) is 23.7 Å². The van der Waals surface area contributed by atoms with Gasteiger partial charge in [-0.1, -0.05) is 30.1 Å². The van der Waals surface area contributed by atoms with Crippen molar-refractivity contribution in [2.24, 2.45) is 0 Å². The molecule has 0 aromatic heterocycles. The summed E-state index contributed by atoms with van der Waals surface area (Å²) in [6.45, 7) is 1.81. The maximum absolute atomic E-state index is 11.0. The van der Waals surface area contributed by atoms with Gasteiger partial charge in [-0.2, -0.15) is 0 Å². The second-order valence-electron chi connectivity index (χ2n) is 3.76. The lowest BCUT2D eigenvalue weighted by molar-refractivity contribution is 0.0988. The van der Waals surface area contributed by atoms with Gasteiger partial charge in [0.05, 0.1) is 0 Å². The summed E-state index contributed by atoms with van der Waals surface area (Å²) in [7, 11) is 0. The first-order chi connectivity index (χ1) is 9.02. The van der Waals surface area contributed by atoms with E-state index in [2.05, 4.69) is 0 Å².